The summed E-state index contributed by atoms with van der Waals surface area (Å²) in [7, 11) is 1.74. The van der Waals surface area contributed by atoms with E-state index in [-0.39, 0.29) is 11.3 Å². The Kier molecular flexibility index (Phi) is 7.40. The summed E-state index contributed by atoms with van der Waals surface area (Å²) < 4.78 is 5.38. The second-order valence-electron chi connectivity index (χ2n) is 6.37. The molecule has 0 unspecified atom stereocenters. The van der Waals surface area contributed by atoms with Crippen LogP contribution in [0.15, 0.2) is 29.2 Å². The molecule has 1 saturated heterocycles. The lowest BCUT2D eigenvalue weighted by molar-refractivity contribution is -0.121. The zero-order valence-electron chi connectivity index (χ0n) is 14.2. The number of carbonyl (C=O) groups excluding carboxylic acids is 1. The largest absolute Gasteiger partial charge is 0.384 e. The Morgan fingerprint density at radius 1 is 1.30 bits per heavy atom. The molecule has 4 nitrogen and oxygen atoms in total. The average molecular weight is 337 g/mol. The van der Waals surface area contributed by atoms with E-state index < -0.39 is 0 Å². The van der Waals surface area contributed by atoms with Crippen LogP contribution in [0.3, 0.4) is 0 Å². The fourth-order valence-corrected chi connectivity index (χ4v) is 3.76. The van der Waals surface area contributed by atoms with Crippen LogP contribution in [0.5, 0.6) is 0 Å². The van der Waals surface area contributed by atoms with Gasteiger partial charge in [0.05, 0.1) is 6.61 Å². The quantitative estimate of drug-likeness (QED) is 0.717. The maximum atomic E-state index is 12.1. The van der Waals surface area contributed by atoms with Crippen LogP contribution in [0, 0.1) is 12.3 Å². The van der Waals surface area contributed by atoms with Crippen molar-refractivity contribution in [3.63, 3.8) is 0 Å². The molecule has 0 spiro atoms. The van der Waals surface area contributed by atoms with E-state index in [1.807, 2.05) is 0 Å². The van der Waals surface area contributed by atoms with Gasteiger partial charge >= 0.3 is 0 Å². The van der Waals surface area contributed by atoms with Crippen LogP contribution in [0.4, 0.5) is 0 Å². The maximum Gasteiger partial charge on any atom is 0.220 e. The summed E-state index contributed by atoms with van der Waals surface area (Å²) in [6.07, 6.45) is 2.67. The van der Waals surface area contributed by atoms with Crippen LogP contribution >= 0.6 is 11.8 Å². The fourth-order valence-electron chi connectivity index (χ4n) is 2.91. The Morgan fingerprint density at radius 2 is 2.00 bits per heavy atom. The predicted molar refractivity (Wildman–Crippen MR) is 95.9 cm³/mol. The second kappa shape index (κ2) is 9.30. The summed E-state index contributed by atoms with van der Waals surface area (Å²) >= 11 is 1.73. The first-order valence-corrected chi connectivity index (χ1v) is 9.28. The number of ether oxygens (including phenoxy) is 1. The molecule has 1 heterocycles. The molecule has 2 N–H and O–H groups in total. The molecule has 128 valence electrons. The van der Waals surface area contributed by atoms with Gasteiger partial charge in [0.15, 0.2) is 0 Å². The van der Waals surface area contributed by atoms with Gasteiger partial charge in [-0.1, -0.05) is 17.7 Å². The van der Waals surface area contributed by atoms with E-state index in [1.165, 1.54) is 10.5 Å². The van der Waals surface area contributed by atoms with Crippen molar-refractivity contribution in [1.82, 2.24) is 10.6 Å². The molecule has 1 aromatic carbocycles. The summed E-state index contributed by atoms with van der Waals surface area (Å²) in [6.45, 7) is 5.52. The Hall–Kier alpha value is -1.04. The van der Waals surface area contributed by atoms with Crippen LogP contribution < -0.4 is 10.6 Å². The minimum atomic E-state index is 0.0970. The van der Waals surface area contributed by atoms with E-state index >= 15 is 0 Å². The Labute approximate surface area is 143 Å². The van der Waals surface area contributed by atoms with Crippen molar-refractivity contribution in [2.24, 2.45) is 5.41 Å². The van der Waals surface area contributed by atoms with Gasteiger partial charge in [-0.2, -0.15) is 0 Å². The number of hydrogen-bond acceptors (Lipinski definition) is 4. The third kappa shape index (κ3) is 6.16. The Morgan fingerprint density at radius 3 is 2.65 bits per heavy atom. The molecule has 1 amide bonds. The smallest absolute Gasteiger partial charge is 0.220 e. The van der Waals surface area contributed by atoms with Crippen molar-refractivity contribution in [2.75, 3.05) is 39.1 Å². The number of rotatable bonds is 8. The van der Waals surface area contributed by atoms with Gasteiger partial charge in [-0.3, -0.25) is 4.79 Å². The topological polar surface area (TPSA) is 50.4 Å². The van der Waals surface area contributed by atoms with Gasteiger partial charge in [-0.25, -0.2) is 0 Å². The lowest BCUT2D eigenvalue weighted by Crippen LogP contribution is -2.47. The van der Waals surface area contributed by atoms with Crippen molar-refractivity contribution in [2.45, 2.75) is 31.1 Å². The molecule has 0 radical (unpaired) electrons. The molecule has 2 rings (SSSR count). The standard InChI is InChI=1S/C18H28N2O2S/c1-15-3-5-16(6-4-15)23-12-7-17(21)20-13-18(14-22-2)8-10-19-11-9-18/h3-6,19H,7-14H2,1-2H3,(H,20,21). The molecule has 0 atom stereocenters. The van der Waals surface area contributed by atoms with Crippen LogP contribution in [0.1, 0.15) is 24.8 Å². The van der Waals surface area contributed by atoms with Gasteiger partial charge in [-0.15, -0.1) is 11.8 Å². The summed E-state index contributed by atoms with van der Waals surface area (Å²) in [5, 5.41) is 6.48. The van der Waals surface area contributed by atoms with E-state index in [9.17, 15) is 4.79 Å². The highest BCUT2D eigenvalue weighted by atomic mass is 32.2. The molecule has 23 heavy (non-hydrogen) atoms. The van der Waals surface area contributed by atoms with E-state index in [1.54, 1.807) is 18.9 Å². The zero-order valence-corrected chi connectivity index (χ0v) is 15.0. The van der Waals surface area contributed by atoms with Crippen molar-refractivity contribution in [3.05, 3.63) is 29.8 Å². The Bertz CT molecular complexity index is 479. The molecule has 1 aliphatic heterocycles. The first-order valence-electron chi connectivity index (χ1n) is 8.29. The zero-order chi connectivity index (χ0) is 16.5. The molecule has 0 saturated carbocycles. The van der Waals surface area contributed by atoms with Crippen molar-refractivity contribution >= 4 is 17.7 Å². The number of piperidine rings is 1. The minimum absolute atomic E-state index is 0.0970. The third-order valence-electron chi connectivity index (χ3n) is 4.39. The summed E-state index contributed by atoms with van der Waals surface area (Å²) in [6, 6.07) is 8.43. The second-order valence-corrected chi connectivity index (χ2v) is 7.54. The average Bonchev–Trinajstić information content (AvgIpc) is 2.56. The van der Waals surface area contributed by atoms with E-state index in [4.69, 9.17) is 4.74 Å². The van der Waals surface area contributed by atoms with Crippen molar-refractivity contribution < 1.29 is 9.53 Å². The van der Waals surface area contributed by atoms with Gasteiger partial charge in [0.1, 0.15) is 0 Å². The lowest BCUT2D eigenvalue weighted by Gasteiger charge is -2.37. The number of benzene rings is 1. The Balaban J connectivity index is 1.70. The van der Waals surface area contributed by atoms with Gasteiger partial charge in [0.25, 0.3) is 0 Å². The molecular formula is C18H28N2O2S. The molecular weight excluding hydrogens is 308 g/mol. The highest BCUT2D eigenvalue weighted by molar-refractivity contribution is 7.99. The van der Waals surface area contributed by atoms with Crippen LogP contribution in [0.2, 0.25) is 0 Å². The predicted octanol–water partition coefficient (Wildman–Crippen LogP) is 2.61. The van der Waals surface area contributed by atoms with Crippen molar-refractivity contribution in [3.8, 4) is 0 Å². The number of nitrogens with one attached hydrogen (secondary N) is 2. The first kappa shape index (κ1) is 18.3. The molecule has 0 aromatic heterocycles. The van der Waals surface area contributed by atoms with E-state index in [0.29, 0.717) is 13.0 Å². The summed E-state index contributed by atoms with van der Waals surface area (Å²) in [5.74, 6) is 0.951. The number of hydrogen-bond donors (Lipinski definition) is 2. The van der Waals surface area contributed by atoms with Crippen LogP contribution in [-0.4, -0.2) is 45.0 Å². The summed E-state index contributed by atoms with van der Waals surface area (Å²) in [5.41, 5.74) is 1.36. The fraction of sp³-hybridized carbons (Fsp3) is 0.611. The SMILES string of the molecule is COCC1(CNC(=O)CCSc2ccc(C)cc2)CCNCC1. The summed E-state index contributed by atoms with van der Waals surface area (Å²) in [4.78, 5) is 13.3. The van der Waals surface area contributed by atoms with E-state index in [2.05, 4.69) is 41.8 Å². The van der Waals surface area contributed by atoms with Crippen LogP contribution in [0.25, 0.3) is 0 Å². The normalized spacial score (nSPS) is 17.0. The first-order chi connectivity index (χ1) is 11.1. The number of aryl methyl sites for hydroxylation is 1. The molecule has 1 aromatic rings. The lowest BCUT2D eigenvalue weighted by atomic mass is 9.79. The van der Waals surface area contributed by atoms with Crippen LogP contribution in [-0.2, 0) is 9.53 Å². The highest BCUT2D eigenvalue weighted by Crippen LogP contribution is 2.28. The molecule has 1 fully saturated rings. The van der Waals surface area contributed by atoms with Crippen molar-refractivity contribution in [1.29, 1.82) is 0 Å². The number of amides is 1. The van der Waals surface area contributed by atoms with Gasteiger partial charge in [0.2, 0.25) is 5.91 Å². The molecule has 0 aliphatic carbocycles. The number of methoxy groups -OCH3 is 1. The molecule has 0 bridgehead atoms. The van der Waals surface area contributed by atoms with Gasteiger partial charge in [-0.05, 0) is 45.0 Å². The molecule has 5 heteroatoms. The third-order valence-corrected chi connectivity index (χ3v) is 5.41. The number of thioether (sulfide) groups is 1. The minimum Gasteiger partial charge on any atom is -0.384 e. The highest BCUT2D eigenvalue weighted by Gasteiger charge is 2.32. The monoisotopic (exact) mass is 336 g/mol. The van der Waals surface area contributed by atoms with E-state index in [0.717, 1.165) is 38.2 Å². The molecule has 1 aliphatic rings. The number of carbonyl (C=O) groups is 1. The van der Waals surface area contributed by atoms with Gasteiger partial charge in [0, 0.05) is 36.1 Å². The maximum absolute atomic E-state index is 12.1. The van der Waals surface area contributed by atoms with Gasteiger partial charge < -0.3 is 15.4 Å².